The Bertz CT molecular complexity index is 774. The Hall–Kier alpha value is -0.950. The Labute approximate surface area is 152 Å². The number of esters is 1. The van der Waals surface area contributed by atoms with Crippen LogP contribution in [-0.2, 0) is 19.0 Å². The van der Waals surface area contributed by atoms with E-state index < -0.39 is 22.9 Å². The van der Waals surface area contributed by atoms with E-state index in [2.05, 4.69) is 6.92 Å². The summed E-state index contributed by atoms with van der Waals surface area (Å²) < 4.78 is 17.9. The van der Waals surface area contributed by atoms with Crippen LogP contribution in [0.5, 0.6) is 0 Å². The van der Waals surface area contributed by atoms with Gasteiger partial charge in [0.25, 0.3) is 0 Å². The van der Waals surface area contributed by atoms with Crippen LogP contribution in [0.3, 0.4) is 0 Å². The molecule has 6 rings (SSSR count). The van der Waals surface area contributed by atoms with Gasteiger partial charge in [0, 0.05) is 17.4 Å². The molecule has 2 N–H and O–H groups in total. The average Bonchev–Trinajstić information content (AvgIpc) is 3.46. The first-order valence-electron chi connectivity index (χ1n) is 9.87. The largest absolute Gasteiger partial charge is 0.458 e. The third-order valence-electron chi connectivity index (χ3n) is 8.83. The van der Waals surface area contributed by atoms with E-state index in [0.717, 1.165) is 24.0 Å². The van der Waals surface area contributed by atoms with E-state index in [0.29, 0.717) is 19.4 Å². The minimum Gasteiger partial charge on any atom is -0.458 e. The molecule has 4 fully saturated rings. The molecule has 0 unspecified atom stereocenters. The zero-order chi connectivity index (χ0) is 18.3. The number of epoxide rings is 2. The number of cyclic esters (lactones) is 1. The third kappa shape index (κ3) is 1.35. The average molecular weight is 362 g/mol. The fraction of sp³-hybridized carbons (Fsp3) is 0.850. The highest BCUT2D eigenvalue weighted by Crippen LogP contribution is 2.79. The molecule has 26 heavy (non-hydrogen) atoms. The fourth-order valence-corrected chi connectivity index (χ4v) is 7.22. The number of hydrogen-bond donors (Lipinski definition) is 2. The topological polar surface area (TPSA) is 91.8 Å². The SMILES string of the molecule is CC(C)[C@]1(O)C[C@@H]2O[C@]23[C@]2(O[C@H]2C[C@H]2C4=C(CC[C@@]23C)C(=O)OC4)[C@@H]1O. The Kier molecular flexibility index (Phi) is 2.60. The van der Waals surface area contributed by atoms with Gasteiger partial charge in [0.1, 0.15) is 18.3 Å². The zero-order valence-corrected chi connectivity index (χ0v) is 15.4. The number of rotatable bonds is 1. The molecule has 3 aliphatic carbocycles. The first-order chi connectivity index (χ1) is 12.2. The molecule has 3 aliphatic heterocycles. The van der Waals surface area contributed by atoms with Gasteiger partial charge < -0.3 is 24.4 Å². The van der Waals surface area contributed by atoms with Gasteiger partial charge in [0.15, 0.2) is 5.60 Å². The Balaban J connectivity index is 1.48. The predicted octanol–water partition coefficient (Wildman–Crippen LogP) is 1.09. The van der Waals surface area contributed by atoms with Gasteiger partial charge >= 0.3 is 5.97 Å². The standard InChI is InChI=1S/C20H26O6/c1-9(2)18(23)7-14-20(26-14)17(3)5-4-10-11(8-24-15(10)21)12(17)6-13-19(20,25-13)16(18)22/h9,12-14,16,22-23H,4-8H2,1-3H3/t12-,13-,14-,16+,17-,18+,19+,20+/m0/s1. The molecule has 2 saturated heterocycles. The van der Waals surface area contributed by atoms with Crippen molar-refractivity contribution in [1.82, 2.24) is 0 Å². The summed E-state index contributed by atoms with van der Waals surface area (Å²) in [4.78, 5) is 12.0. The Morgan fingerprint density at radius 1 is 1.23 bits per heavy atom. The molecule has 6 nitrogen and oxygen atoms in total. The van der Waals surface area contributed by atoms with Crippen molar-refractivity contribution in [2.24, 2.45) is 17.3 Å². The lowest BCUT2D eigenvalue weighted by molar-refractivity contribution is -0.179. The minimum absolute atomic E-state index is 0.0778. The molecule has 0 radical (unpaired) electrons. The predicted molar refractivity (Wildman–Crippen MR) is 89.1 cm³/mol. The van der Waals surface area contributed by atoms with Crippen molar-refractivity contribution in [1.29, 1.82) is 0 Å². The van der Waals surface area contributed by atoms with Gasteiger partial charge in [0.05, 0.1) is 17.8 Å². The van der Waals surface area contributed by atoms with Crippen LogP contribution in [0.1, 0.15) is 46.5 Å². The van der Waals surface area contributed by atoms with Crippen LogP contribution < -0.4 is 0 Å². The van der Waals surface area contributed by atoms with Gasteiger partial charge in [-0.1, -0.05) is 20.8 Å². The van der Waals surface area contributed by atoms with Crippen LogP contribution in [0.4, 0.5) is 0 Å². The molecule has 6 heteroatoms. The minimum atomic E-state index is -1.19. The molecular formula is C20H26O6. The van der Waals surface area contributed by atoms with Gasteiger partial charge in [-0.25, -0.2) is 4.79 Å². The molecular weight excluding hydrogens is 336 g/mol. The maximum atomic E-state index is 12.0. The van der Waals surface area contributed by atoms with Crippen LogP contribution in [0, 0.1) is 17.3 Å². The van der Waals surface area contributed by atoms with Crippen molar-refractivity contribution in [3.05, 3.63) is 11.1 Å². The number of hydrogen-bond acceptors (Lipinski definition) is 6. The first kappa shape index (κ1) is 16.0. The third-order valence-corrected chi connectivity index (χ3v) is 8.83. The lowest BCUT2D eigenvalue weighted by Crippen LogP contribution is -2.71. The van der Waals surface area contributed by atoms with Gasteiger partial charge in [-0.05, 0) is 36.7 Å². The van der Waals surface area contributed by atoms with E-state index in [4.69, 9.17) is 14.2 Å². The van der Waals surface area contributed by atoms with Crippen molar-refractivity contribution < 1.29 is 29.2 Å². The summed E-state index contributed by atoms with van der Waals surface area (Å²) in [7, 11) is 0. The molecule has 3 heterocycles. The lowest BCUT2D eigenvalue weighted by Gasteiger charge is -2.55. The van der Waals surface area contributed by atoms with Crippen LogP contribution >= 0.6 is 0 Å². The van der Waals surface area contributed by atoms with Crippen molar-refractivity contribution >= 4 is 5.97 Å². The van der Waals surface area contributed by atoms with E-state index in [9.17, 15) is 15.0 Å². The van der Waals surface area contributed by atoms with Gasteiger partial charge in [0.2, 0.25) is 0 Å². The molecule has 2 saturated carbocycles. The quantitative estimate of drug-likeness (QED) is 0.536. The number of carbonyl (C=O) groups excluding carboxylic acids is 1. The van der Waals surface area contributed by atoms with E-state index in [1.165, 1.54) is 0 Å². The molecule has 8 atom stereocenters. The number of carbonyl (C=O) groups is 1. The molecule has 142 valence electrons. The Morgan fingerprint density at radius 3 is 2.73 bits per heavy atom. The second kappa shape index (κ2) is 4.22. The summed E-state index contributed by atoms with van der Waals surface area (Å²) in [5.41, 5.74) is -0.787. The zero-order valence-electron chi connectivity index (χ0n) is 15.4. The van der Waals surface area contributed by atoms with Gasteiger partial charge in [-0.15, -0.1) is 0 Å². The fourth-order valence-electron chi connectivity index (χ4n) is 7.22. The number of ether oxygens (including phenoxy) is 3. The molecule has 0 bridgehead atoms. The second-order valence-corrected chi connectivity index (χ2v) is 9.78. The van der Waals surface area contributed by atoms with Crippen molar-refractivity contribution in [3.8, 4) is 0 Å². The van der Waals surface area contributed by atoms with Crippen molar-refractivity contribution in [3.63, 3.8) is 0 Å². The summed E-state index contributed by atoms with van der Waals surface area (Å²) in [6.45, 7) is 6.50. The summed E-state index contributed by atoms with van der Waals surface area (Å²) in [6.07, 6.45) is 1.54. The maximum Gasteiger partial charge on any atom is 0.334 e. The number of fused-ring (bicyclic) bond motifs is 2. The number of aliphatic hydroxyl groups excluding tert-OH is 1. The van der Waals surface area contributed by atoms with Crippen LogP contribution in [0.2, 0.25) is 0 Å². The molecule has 0 aromatic rings. The van der Waals surface area contributed by atoms with Crippen LogP contribution in [0.25, 0.3) is 0 Å². The van der Waals surface area contributed by atoms with Gasteiger partial charge in [-0.3, -0.25) is 0 Å². The summed E-state index contributed by atoms with van der Waals surface area (Å²) in [5.74, 6) is -0.0639. The summed E-state index contributed by atoms with van der Waals surface area (Å²) >= 11 is 0. The maximum absolute atomic E-state index is 12.0. The van der Waals surface area contributed by atoms with E-state index in [-0.39, 0.29) is 35.4 Å². The van der Waals surface area contributed by atoms with E-state index in [1.54, 1.807) is 0 Å². The highest BCUT2D eigenvalue weighted by molar-refractivity contribution is 5.92. The van der Waals surface area contributed by atoms with Crippen molar-refractivity contribution in [2.45, 2.75) is 81.6 Å². The smallest absolute Gasteiger partial charge is 0.334 e. The molecule has 6 aliphatic rings. The molecule has 0 amide bonds. The summed E-state index contributed by atoms with van der Waals surface area (Å²) in [6, 6.07) is 0. The van der Waals surface area contributed by atoms with E-state index in [1.807, 2.05) is 13.8 Å². The second-order valence-electron chi connectivity index (χ2n) is 9.78. The van der Waals surface area contributed by atoms with Crippen molar-refractivity contribution in [2.75, 3.05) is 6.61 Å². The molecule has 0 aromatic heterocycles. The van der Waals surface area contributed by atoms with Crippen LogP contribution in [0.15, 0.2) is 11.1 Å². The van der Waals surface area contributed by atoms with E-state index >= 15 is 0 Å². The number of aliphatic hydroxyl groups is 2. The Morgan fingerprint density at radius 2 is 2.00 bits per heavy atom. The highest BCUT2D eigenvalue weighted by atomic mass is 16.7. The lowest BCUT2D eigenvalue weighted by atomic mass is 9.46. The summed E-state index contributed by atoms with van der Waals surface area (Å²) in [5, 5.41) is 22.5. The van der Waals surface area contributed by atoms with Crippen LogP contribution in [-0.4, -0.2) is 57.9 Å². The molecule has 0 aromatic carbocycles. The normalized spacial score (nSPS) is 59.1. The monoisotopic (exact) mass is 362 g/mol. The van der Waals surface area contributed by atoms with Gasteiger partial charge in [-0.2, -0.15) is 0 Å². The molecule has 2 spiro atoms. The first-order valence-corrected chi connectivity index (χ1v) is 9.87. The highest BCUT2D eigenvalue weighted by Gasteiger charge is 2.94.